The minimum Gasteiger partial charge on any atom is -0.468 e. The largest absolute Gasteiger partial charge is 0.468 e. The summed E-state index contributed by atoms with van der Waals surface area (Å²) in [7, 11) is 1.43. The molecule has 1 fully saturated rings. The highest BCUT2D eigenvalue weighted by Crippen LogP contribution is 2.33. The molecule has 0 aromatic heterocycles. The average Bonchev–Trinajstić information content (AvgIpc) is 3.16. The van der Waals surface area contributed by atoms with Crippen LogP contribution in [-0.2, 0) is 16.1 Å². The van der Waals surface area contributed by atoms with Crippen LogP contribution in [0, 0.1) is 5.92 Å². The van der Waals surface area contributed by atoms with Gasteiger partial charge in [0.05, 0.1) is 7.11 Å². The number of rotatable bonds is 5. The Hall–Kier alpha value is -1.06. The van der Waals surface area contributed by atoms with Crippen molar-refractivity contribution in [3.05, 3.63) is 34.9 Å². The fourth-order valence-corrected chi connectivity index (χ4v) is 1.96. The standard InChI is InChI=1S/C13H16ClNO2/c1-17-13(16)12(10-4-5-10)15-8-9-2-6-11(14)7-3-9/h2-3,6-7,10,12,15H,4-5,8H2,1H3. The first-order chi connectivity index (χ1) is 8.20. The first kappa shape index (κ1) is 12.4. The van der Waals surface area contributed by atoms with Gasteiger partial charge < -0.3 is 10.1 Å². The third kappa shape index (κ3) is 3.45. The van der Waals surface area contributed by atoms with Gasteiger partial charge in [-0.15, -0.1) is 0 Å². The van der Waals surface area contributed by atoms with Gasteiger partial charge >= 0.3 is 5.97 Å². The van der Waals surface area contributed by atoms with Gasteiger partial charge in [0.25, 0.3) is 0 Å². The second-order valence-corrected chi connectivity index (χ2v) is 4.78. The lowest BCUT2D eigenvalue weighted by Crippen LogP contribution is -2.39. The van der Waals surface area contributed by atoms with Crippen LogP contribution in [0.15, 0.2) is 24.3 Å². The molecule has 1 aromatic rings. The van der Waals surface area contributed by atoms with E-state index in [-0.39, 0.29) is 12.0 Å². The molecule has 1 saturated carbocycles. The summed E-state index contributed by atoms with van der Waals surface area (Å²) in [6, 6.07) is 7.44. The molecule has 0 spiro atoms. The lowest BCUT2D eigenvalue weighted by Gasteiger charge is -2.15. The molecule has 1 unspecified atom stereocenters. The van der Waals surface area contributed by atoms with Crippen molar-refractivity contribution in [3.63, 3.8) is 0 Å². The predicted octanol–water partition coefficient (Wildman–Crippen LogP) is 2.38. The minimum absolute atomic E-state index is 0.165. The van der Waals surface area contributed by atoms with Crippen LogP contribution in [0.4, 0.5) is 0 Å². The van der Waals surface area contributed by atoms with Crippen molar-refractivity contribution >= 4 is 17.6 Å². The maximum Gasteiger partial charge on any atom is 0.323 e. The highest BCUT2D eigenvalue weighted by Gasteiger charge is 2.36. The number of esters is 1. The Balaban J connectivity index is 1.90. The second-order valence-electron chi connectivity index (χ2n) is 4.35. The molecule has 1 atom stereocenters. The number of hydrogen-bond donors (Lipinski definition) is 1. The Kier molecular flexibility index (Phi) is 4.02. The second kappa shape index (κ2) is 5.52. The van der Waals surface area contributed by atoms with Gasteiger partial charge in [0.2, 0.25) is 0 Å². The minimum atomic E-state index is -0.171. The average molecular weight is 254 g/mol. The summed E-state index contributed by atoms with van der Waals surface area (Å²) in [5, 5.41) is 3.97. The van der Waals surface area contributed by atoms with Crippen molar-refractivity contribution in [3.8, 4) is 0 Å². The van der Waals surface area contributed by atoms with Crippen molar-refractivity contribution in [2.75, 3.05) is 7.11 Å². The molecule has 0 aliphatic heterocycles. The van der Waals surface area contributed by atoms with Gasteiger partial charge in [-0.25, -0.2) is 0 Å². The highest BCUT2D eigenvalue weighted by molar-refractivity contribution is 6.30. The number of carbonyl (C=O) groups is 1. The normalized spacial score (nSPS) is 16.6. The van der Waals surface area contributed by atoms with E-state index >= 15 is 0 Å². The van der Waals surface area contributed by atoms with Gasteiger partial charge in [0.1, 0.15) is 6.04 Å². The van der Waals surface area contributed by atoms with Crippen molar-refractivity contribution in [2.45, 2.75) is 25.4 Å². The summed E-state index contributed by atoms with van der Waals surface area (Å²) in [6.45, 7) is 0.660. The molecule has 1 aliphatic carbocycles. The number of methoxy groups -OCH3 is 1. The van der Waals surface area contributed by atoms with Crippen LogP contribution in [0.3, 0.4) is 0 Å². The van der Waals surface area contributed by atoms with Crippen LogP contribution >= 0.6 is 11.6 Å². The third-order valence-corrected chi connectivity index (χ3v) is 3.24. The zero-order valence-electron chi connectivity index (χ0n) is 9.78. The maximum absolute atomic E-state index is 11.6. The first-order valence-corrected chi connectivity index (χ1v) is 6.14. The van der Waals surface area contributed by atoms with Gasteiger partial charge in [0.15, 0.2) is 0 Å². The molecule has 2 rings (SSSR count). The van der Waals surface area contributed by atoms with E-state index in [9.17, 15) is 4.79 Å². The van der Waals surface area contributed by atoms with Gasteiger partial charge in [-0.05, 0) is 36.5 Å². The fourth-order valence-electron chi connectivity index (χ4n) is 1.83. The molecule has 0 bridgehead atoms. The van der Waals surface area contributed by atoms with Crippen LogP contribution in [0.2, 0.25) is 5.02 Å². The molecule has 17 heavy (non-hydrogen) atoms. The van der Waals surface area contributed by atoms with E-state index < -0.39 is 0 Å². The smallest absolute Gasteiger partial charge is 0.323 e. The van der Waals surface area contributed by atoms with Crippen molar-refractivity contribution < 1.29 is 9.53 Å². The number of halogens is 1. The summed E-state index contributed by atoms with van der Waals surface area (Å²) < 4.78 is 4.80. The molecular weight excluding hydrogens is 238 g/mol. The van der Waals surface area contributed by atoms with Crippen LogP contribution in [-0.4, -0.2) is 19.1 Å². The van der Waals surface area contributed by atoms with E-state index in [0.29, 0.717) is 12.5 Å². The Morgan fingerprint density at radius 1 is 1.47 bits per heavy atom. The first-order valence-electron chi connectivity index (χ1n) is 5.76. The van der Waals surface area contributed by atoms with Crippen LogP contribution < -0.4 is 5.32 Å². The lowest BCUT2D eigenvalue weighted by atomic mass is 10.1. The number of hydrogen-bond acceptors (Lipinski definition) is 3. The van der Waals surface area contributed by atoms with E-state index in [1.165, 1.54) is 7.11 Å². The van der Waals surface area contributed by atoms with Gasteiger partial charge in [-0.3, -0.25) is 4.79 Å². The zero-order valence-corrected chi connectivity index (χ0v) is 10.5. The summed E-state index contributed by atoms with van der Waals surface area (Å²) >= 11 is 5.81. The van der Waals surface area contributed by atoms with Crippen LogP contribution in [0.1, 0.15) is 18.4 Å². The molecule has 1 aromatic carbocycles. The molecule has 0 radical (unpaired) electrons. The summed E-state index contributed by atoms with van der Waals surface area (Å²) in [5.41, 5.74) is 1.11. The Morgan fingerprint density at radius 2 is 2.12 bits per heavy atom. The summed E-state index contributed by atoms with van der Waals surface area (Å²) in [5.74, 6) is 0.274. The number of benzene rings is 1. The Bertz CT molecular complexity index is 387. The van der Waals surface area contributed by atoms with Gasteiger partial charge in [-0.1, -0.05) is 23.7 Å². The fraction of sp³-hybridized carbons (Fsp3) is 0.462. The van der Waals surface area contributed by atoms with Gasteiger partial charge in [0, 0.05) is 11.6 Å². The molecule has 1 aliphatic rings. The van der Waals surface area contributed by atoms with E-state index in [1.807, 2.05) is 24.3 Å². The quantitative estimate of drug-likeness (QED) is 0.819. The van der Waals surface area contributed by atoms with E-state index in [1.54, 1.807) is 0 Å². The van der Waals surface area contributed by atoms with E-state index in [4.69, 9.17) is 16.3 Å². The van der Waals surface area contributed by atoms with E-state index in [0.717, 1.165) is 23.4 Å². The molecule has 4 heteroatoms. The molecule has 3 nitrogen and oxygen atoms in total. The summed E-state index contributed by atoms with van der Waals surface area (Å²) in [6.07, 6.45) is 2.21. The van der Waals surface area contributed by atoms with Crippen LogP contribution in [0.5, 0.6) is 0 Å². The number of ether oxygens (including phenoxy) is 1. The van der Waals surface area contributed by atoms with E-state index in [2.05, 4.69) is 5.32 Å². The molecular formula is C13H16ClNO2. The maximum atomic E-state index is 11.6. The van der Waals surface area contributed by atoms with Crippen LogP contribution in [0.25, 0.3) is 0 Å². The molecule has 0 amide bonds. The van der Waals surface area contributed by atoms with Crippen molar-refractivity contribution in [2.24, 2.45) is 5.92 Å². The molecule has 0 saturated heterocycles. The Labute approximate surface area is 106 Å². The predicted molar refractivity (Wildman–Crippen MR) is 66.8 cm³/mol. The monoisotopic (exact) mass is 253 g/mol. The topological polar surface area (TPSA) is 38.3 Å². The molecule has 1 N–H and O–H groups in total. The SMILES string of the molecule is COC(=O)C(NCc1ccc(Cl)cc1)C1CC1. The Morgan fingerprint density at radius 3 is 2.65 bits per heavy atom. The third-order valence-electron chi connectivity index (χ3n) is 2.99. The zero-order chi connectivity index (χ0) is 12.3. The molecule has 92 valence electrons. The molecule has 0 heterocycles. The van der Waals surface area contributed by atoms with Crippen molar-refractivity contribution in [1.82, 2.24) is 5.32 Å². The number of nitrogens with one attached hydrogen (secondary N) is 1. The highest BCUT2D eigenvalue weighted by atomic mass is 35.5. The van der Waals surface area contributed by atoms with Crippen molar-refractivity contribution in [1.29, 1.82) is 0 Å². The summed E-state index contributed by atoms with van der Waals surface area (Å²) in [4.78, 5) is 11.6. The van der Waals surface area contributed by atoms with Gasteiger partial charge in [-0.2, -0.15) is 0 Å². The lowest BCUT2D eigenvalue weighted by molar-refractivity contribution is -0.143. The number of carbonyl (C=O) groups excluding carboxylic acids is 1.